The molecule has 0 aliphatic heterocycles. The normalized spacial score (nSPS) is 11.5. The van der Waals surface area contributed by atoms with E-state index in [1.54, 1.807) is 47.4 Å². The third kappa shape index (κ3) is 5.30. The fourth-order valence-corrected chi connectivity index (χ4v) is 3.84. The number of aromatic nitrogens is 1. The van der Waals surface area contributed by atoms with Crippen LogP contribution >= 0.6 is 34.7 Å². The number of carbonyl (C=O) groups excluding carboxylic acids is 1. The lowest BCUT2D eigenvalue weighted by Crippen LogP contribution is -2.12. The van der Waals surface area contributed by atoms with Gasteiger partial charge in [-0.1, -0.05) is 44.1 Å². The predicted octanol–water partition coefficient (Wildman–Crippen LogP) is 5.21. The van der Waals surface area contributed by atoms with Crippen molar-refractivity contribution >= 4 is 46.3 Å². The maximum Gasteiger partial charge on any atom is 0.225 e. The summed E-state index contributed by atoms with van der Waals surface area (Å²) < 4.78 is 1.02. The Hall–Kier alpha value is -1.04. The van der Waals surface area contributed by atoms with E-state index in [1.807, 2.05) is 0 Å². The van der Waals surface area contributed by atoms with Gasteiger partial charge in [-0.05, 0) is 24.3 Å². The van der Waals surface area contributed by atoms with Crippen LogP contribution in [-0.2, 0) is 10.2 Å². The molecule has 0 saturated carbocycles. The van der Waals surface area contributed by atoms with Crippen LogP contribution in [-0.4, -0.2) is 16.6 Å². The first-order chi connectivity index (χ1) is 10.3. The molecule has 1 amide bonds. The highest BCUT2D eigenvalue weighted by atomic mass is 35.5. The largest absolute Gasteiger partial charge is 0.326 e. The number of nitrogens with one attached hydrogen (secondary N) is 1. The van der Waals surface area contributed by atoms with E-state index in [9.17, 15) is 4.79 Å². The van der Waals surface area contributed by atoms with Gasteiger partial charge >= 0.3 is 0 Å². The average molecular weight is 355 g/mol. The van der Waals surface area contributed by atoms with Gasteiger partial charge in [0.1, 0.15) is 4.34 Å². The average Bonchev–Trinajstić information content (AvgIpc) is 2.90. The van der Waals surface area contributed by atoms with Crippen molar-refractivity contribution in [1.82, 2.24) is 4.98 Å². The lowest BCUT2D eigenvalue weighted by molar-refractivity contribution is -0.115. The summed E-state index contributed by atoms with van der Waals surface area (Å²) in [6.45, 7) is 6.45. The van der Waals surface area contributed by atoms with Crippen LogP contribution in [0.3, 0.4) is 0 Å². The number of benzene rings is 1. The molecule has 0 atom stereocenters. The van der Waals surface area contributed by atoms with Crippen molar-refractivity contribution in [3.63, 3.8) is 0 Å². The lowest BCUT2D eigenvalue weighted by Gasteiger charge is -2.14. The molecule has 0 unspecified atom stereocenters. The topological polar surface area (TPSA) is 42.0 Å². The van der Waals surface area contributed by atoms with Crippen LogP contribution in [0.1, 0.15) is 32.9 Å². The van der Waals surface area contributed by atoms with E-state index in [-0.39, 0.29) is 11.3 Å². The molecule has 1 aromatic heterocycles. The number of rotatable bonds is 5. The molecular formula is C16H19ClN2OS2. The van der Waals surface area contributed by atoms with Gasteiger partial charge in [-0.3, -0.25) is 4.79 Å². The molecule has 1 aromatic carbocycles. The van der Waals surface area contributed by atoms with Gasteiger partial charge in [0.15, 0.2) is 0 Å². The highest BCUT2D eigenvalue weighted by Gasteiger charge is 2.17. The van der Waals surface area contributed by atoms with Gasteiger partial charge in [0.2, 0.25) is 5.91 Å². The van der Waals surface area contributed by atoms with Gasteiger partial charge in [-0.15, -0.1) is 11.3 Å². The van der Waals surface area contributed by atoms with Crippen LogP contribution in [0.5, 0.6) is 0 Å². The van der Waals surface area contributed by atoms with Crippen molar-refractivity contribution in [3.05, 3.63) is 40.4 Å². The molecular weight excluding hydrogens is 336 g/mol. The lowest BCUT2D eigenvalue weighted by atomic mass is 9.93. The van der Waals surface area contributed by atoms with Crippen molar-refractivity contribution in [2.24, 2.45) is 0 Å². The quantitative estimate of drug-likeness (QED) is 0.749. The summed E-state index contributed by atoms with van der Waals surface area (Å²) in [6.07, 6.45) is 0.456. The molecule has 6 heteroatoms. The second kappa shape index (κ2) is 7.49. The van der Waals surface area contributed by atoms with Gasteiger partial charge in [-0.25, -0.2) is 4.98 Å². The van der Waals surface area contributed by atoms with Crippen LogP contribution < -0.4 is 5.32 Å². The molecule has 0 aliphatic carbocycles. The second-order valence-corrected chi connectivity index (χ2v) is 8.54. The Morgan fingerprint density at radius 1 is 1.32 bits per heavy atom. The van der Waals surface area contributed by atoms with Gasteiger partial charge in [0.05, 0.1) is 5.69 Å². The molecule has 0 bridgehead atoms. The van der Waals surface area contributed by atoms with Crippen LogP contribution in [0, 0.1) is 0 Å². The van der Waals surface area contributed by atoms with Crippen LogP contribution in [0.25, 0.3) is 0 Å². The zero-order valence-corrected chi connectivity index (χ0v) is 15.2. The van der Waals surface area contributed by atoms with Gasteiger partial charge in [0, 0.05) is 33.7 Å². The van der Waals surface area contributed by atoms with Crippen LogP contribution in [0.4, 0.5) is 5.69 Å². The minimum Gasteiger partial charge on any atom is -0.326 e. The summed E-state index contributed by atoms with van der Waals surface area (Å²) >= 11 is 9.08. The number of thioether (sulfide) groups is 1. The van der Waals surface area contributed by atoms with E-state index >= 15 is 0 Å². The van der Waals surface area contributed by atoms with Gasteiger partial charge < -0.3 is 5.32 Å². The standard InChI is InChI=1S/C16H19ClN2OS2/c1-16(2,3)13-10-22-15(19-13)21-9-8-14(20)18-12-6-4-11(17)5-7-12/h4-7,10H,8-9H2,1-3H3,(H,18,20). The number of thiazole rings is 1. The van der Waals surface area contributed by atoms with Gasteiger partial charge in [0.25, 0.3) is 0 Å². The molecule has 0 spiro atoms. The van der Waals surface area contributed by atoms with E-state index in [1.165, 1.54) is 0 Å². The Labute approximate surface area is 144 Å². The molecule has 1 heterocycles. The molecule has 118 valence electrons. The summed E-state index contributed by atoms with van der Waals surface area (Å²) in [7, 11) is 0. The number of nitrogens with zero attached hydrogens (tertiary/aromatic N) is 1. The Kier molecular flexibility index (Phi) is 5.89. The van der Waals surface area contributed by atoms with Crippen LogP contribution in [0.2, 0.25) is 5.02 Å². The molecule has 0 fully saturated rings. The van der Waals surface area contributed by atoms with Crippen molar-refractivity contribution in [2.75, 3.05) is 11.1 Å². The highest BCUT2D eigenvalue weighted by molar-refractivity contribution is 8.01. The first-order valence-electron chi connectivity index (χ1n) is 6.99. The molecule has 1 N–H and O–H groups in total. The van der Waals surface area contributed by atoms with Gasteiger partial charge in [-0.2, -0.15) is 0 Å². The summed E-state index contributed by atoms with van der Waals surface area (Å²) in [4.78, 5) is 16.5. The molecule has 2 rings (SSSR count). The van der Waals surface area contributed by atoms with Crippen LogP contribution in [0.15, 0.2) is 34.0 Å². The fraction of sp³-hybridized carbons (Fsp3) is 0.375. The Morgan fingerprint density at radius 2 is 2.00 bits per heavy atom. The molecule has 0 aliphatic rings. The first kappa shape index (κ1) is 17.3. The zero-order valence-electron chi connectivity index (χ0n) is 12.9. The van der Waals surface area contributed by atoms with Crippen molar-refractivity contribution < 1.29 is 4.79 Å². The van der Waals surface area contributed by atoms with Crippen molar-refractivity contribution in [2.45, 2.75) is 36.9 Å². The van der Waals surface area contributed by atoms with E-state index in [0.29, 0.717) is 11.4 Å². The molecule has 0 radical (unpaired) electrons. The number of anilines is 1. The maximum absolute atomic E-state index is 11.9. The minimum atomic E-state index is 0.00224. The number of hydrogen-bond acceptors (Lipinski definition) is 4. The summed E-state index contributed by atoms with van der Waals surface area (Å²) in [6, 6.07) is 7.11. The molecule has 0 saturated heterocycles. The van der Waals surface area contributed by atoms with Crippen molar-refractivity contribution in [1.29, 1.82) is 0 Å². The Balaban J connectivity index is 1.77. The molecule has 22 heavy (non-hydrogen) atoms. The number of hydrogen-bond donors (Lipinski definition) is 1. The third-order valence-corrected chi connectivity index (χ3v) is 5.21. The maximum atomic E-state index is 11.9. The molecule has 3 nitrogen and oxygen atoms in total. The van der Waals surface area contributed by atoms with Crippen molar-refractivity contribution in [3.8, 4) is 0 Å². The van der Waals surface area contributed by atoms with E-state index < -0.39 is 0 Å². The highest BCUT2D eigenvalue weighted by Crippen LogP contribution is 2.29. The number of carbonyl (C=O) groups is 1. The second-order valence-electron chi connectivity index (χ2n) is 5.90. The minimum absolute atomic E-state index is 0.00224. The monoisotopic (exact) mass is 354 g/mol. The third-order valence-electron chi connectivity index (χ3n) is 2.93. The first-order valence-corrected chi connectivity index (χ1v) is 9.23. The number of amides is 1. The van der Waals surface area contributed by atoms with E-state index in [0.717, 1.165) is 21.5 Å². The smallest absolute Gasteiger partial charge is 0.225 e. The zero-order chi connectivity index (χ0) is 16.2. The predicted molar refractivity (Wildman–Crippen MR) is 96.2 cm³/mol. The SMILES string of the molecule is CC(C)(C)c1csc(SCCC(=O)Nc2ccc(Cl)cc2)n1. The number of halogens is 1. The Morgan fingerprint density at radius 3 is 2.59 bits per heavy atom. The molecule has 2 aromatic rings. The fourth-order valence-electron chi connectivity index (χ4n) is 1.66. The van der Waals surface area contributed by atoms with E-state index in [2.05, 4.69) is 36.5 Å². The summed E-state index contributed by atoms with van der Waals surface area (Å²) in [5, 5.41) is 5.61. The van der Waals surface area contributed by atoms with E-state index in [4.69, 9.17) is 11.6 Å². The Bertz CT molecular complexity index is 632. The summed E-state index contributed by atoms with van der Waals surface area (Å²) in [5.74, 6) is 0.721. The summed E-state index contributed by atoms with van der Waals surface area (Å²) in [5.41, 5.74) is 1.94.